The minimum absolute atomic E-state index is 0.142. The summed E-state index contributed by atoms with van der Waals surface area (Å²) in [6.45, 7) is 1.73. The molecule has 1 aromatic carbocycles. The number of halogens is 1. The van der Waals surface area contributed by atoms with Crippen LogP contribution in [0.4, 0.5) is 5.69 Å². The van der Waals surface area contributed by atoms with Crippen LogP contribution in [0.1, 0.15) is 16.1 Å². The third kappa shape index (κ3) is 2.50. The molecule has 88 valence electrons. The number of rotatable bonds is 2. The first-order valence-corrected chi connectivity index (χ1v) is 5.72. The number of carbonyl (C=O) groups excluding carboxylic acids is 1. The van der Waals surface area contributed by atoms with Crippen LogP contribution in [-0.2, 0) is 0 Å². The topological polar surface area (TPSA) is 62.5 Å². The highest BCUT2D eigenvalue weighted by Gasteiger charge is 2.12. The SMILES string of the molecule is Cc1c(O)cccc1NC(=O)c1ccc(Br)o1. The van der Waals surface area contributed by atoms with E-state index >= 15 is 0 Å². The number of carbonyl (C=O) groups is 1. The van der Waals surface area contributed by atoms with E-state index < -0.39 is 0 Å². The van der Waals surface area contributed by atoms with Gasteiger partial charge in [-0.2, -0.15) is 0 Å². The molecule has 0 radical (unpaired) electrons. The second kappa shape index (κ2) is 4.63. The smallest absolute Gasteiger partial charge is 0.291 e. The molecular formula is C12H10BrNO3. The van der Waals surface area contributed by atoms with Crippen LogP contribution in [0.15, 0.2) is 39.4 Å². The highest BCUT2D eigenvalue weighted by Crippen LogP contribution is 2.24. The molecule has 4 nitrogen and oxygen atoms in total. The Balaban J connectivity index is 2.21. The molecule has 1 aromatic heterocycles. The number of hydrogen-bond donors (Lipinski definition) is 2. The summed E-state index contributed by atoms with van der Waals surface area (Å²) in [5.74, 6) is -0.00700. The summed E-state index contributed by atoms with van der Waals surface area (Å²) in [5.41, 5.74) is 1.17. The highest BCUT2D eigenvalue weighted by molar-refractivity contribution is 9.10. The Morgan fingerprint density at radius 1 is 1.35 bits per heavy atom. The van der Waals surface area contributed by atoms with Crippen LogP contribution >= 0.6 is 15.9 Å². The maximum atomic E-state index is 11.8. The van der Waals surface area contributed by atoms with Gasteiger partial charge in [-0.15, -0.1) is 0 Å². The number of phenolic OH excluding ortho intramolecular Hbond substituents is 1. The van der Waals surface area contributed by atoms with E-state index in [2.05, 4.69) is 21.2 Å². The Bertz CT molecular complexity index is 563. The number of phenols is 1. The molecule has 2 aromatic rings. The van der Waals surface area contributed by atoms with Crippen molar-refractivity contribution in [2.45, 2.75) is 6.92 Å². The third-order valence-electron chi connectivity index (χ3n) is 2.35. The van der Waals surface area contributed by atoms with E-state index in [1.165, 1.54) is 0 Å². The zero-order chi connectivity index (χ0) is 12.4. The lowest BCUT2D eigenvalue weighted by Gasteiger charge is -2.07. The Hall–Kier alpha value is -1.75. The van der Waals surface area contributed by atoms with E-state index in [-0.39, 0.29) is 17.4 Å². The largest absolute Gasteiger partial charge is 0.508 e. The summed E-state index contributed by atoms with van der Waals surface area (Å²) in [5, 5.41) is 12.2. The number of aromatic hydroxyl groups is 1. The van der Waals surface area contributed by atoms with E-state index in [4.69, 9.17) is 4.42 Å². The summed E-state index contributed by atoms with van der Waals surface area (Å²) in [6.07, 6.45) is 0. The molecular weight excluding hydrogens is 286 g/mol. The number of nitrogens with one attached hydrogen (secondary N) is 1. The van der Waals surface area contributed by atoms with Gasteiger partial charge in [-0.25, -0.2) is 0 Å². The van der Waals surface area contributed by atoms with Crippen molar-refractivity contribution in [3.05, 3.63) is 46.3 Å². The van der Waals surface area contributed by atoms with Gasteiger partial charge in [-0.1, -0.05) is 6.07 Å². The van der Waals surface area contributed by atoms with Gasteiger partial charge in [-0.3, -0.25) is 4.79 Å². The Kier molecular flexibility index (Phi) is 3.19. The Morgan fingerprint density at radius 2 is 2.12 bits per heavy atom. The molecule has 0 unspecified atom stereocenters. The van der Waals surface area contributed by atoms with Crippen LogP contribution in [0.25, 0.3) is 0 Å². The maximum Gasteiger partial charge on any atom is 0.291 e. The lowest BCUT2D eigenvalue weighted by Crippen LogP contribution is -2.11. The number of amides is 1. The highest BCUT2D eigenvalue weighted by atomic mass is 79.9. The zero-order valence-electron chi connectivity index (χ0n) is 9.03. The summed E-state index contributed by atoms with van der Waals surface area (Å²) in [6, 6.07) is 8.15. The molecule has 2 rings (SSSR count). The van der Waals surface area contributed by atoms with Crippen LogP contribution in [0.5, 0.6) is 5.75 Å². The molecule has 1 heterocycles. The van der Waals surface area contributed by atoms with Gasteiger partial charge in [0.15, 0.2) is 10.4 Å². The van der Waals surface area contributed by atoms with Gasteiger partial charge in [0, 0.05) is 11.3 Å². The van der Waals surface area contributed by atoms with Crippen LogP contribution < -0.4 is 5.32 Å². The van der Waals surface area contributed by atoms with Crippen LogP contribution in [-0.4, -0.2) is 11.0 Å². The minimum Gasteiger partial charge on any atom is -0.508 e. The average molecular weight is 296 g/mol. The molecule has 5 heteroatoms. The van der Waals surface area contributed by atoms with E-state index in [9.17, 15) is 9.90 Å². The van der Waals surface area contributed by atoms with Crippen molar-refractivity contribution >= 4 is 27.5 Å². The number of furan rings is 1. The van der Waals surface area contributed by atoms with E-state index in [1.54, 1.807) is 37.3 Å². The molecule has 17 heavy (non-hydrogen) atoms. The summed E-state index contributed by atoms with van der Waals surface area (Å²) in [4.78, 5) is 11.8. The summed E-state index contributed by atoms with van der Waals surface area (Å²) >= 11 is 3.13. The van der Waals surface area contributed by atoms with Gasteiger partial charge in [0.1, 0.15) is 5.75 Å². The fourth-order valence-corrected chi connectivity index (χ4v) is 1.69. The third-order valence-corrected chi connectivity index (χ3v) is 2.78. The van der Waals surface area contributed by atoms with Crippen LogP contribution in [0.2, 0.25) is 0 Å². The van der Waals surface area contributed by atoms with Crippen molar-refractivity contribution in [2.24, 2.45) is 0 Å². The molecule has 1 amide bonds. The maximum absolute atomic E-state index is 11.8. The van der Waals surface area contributed by atoms with E-state index in [1.807, 2.05) is 0 Å². The molecule has 0 atom stereocenters. The molecule has 0 fully saturated rings. The van der Waals surface area contributed by atoms with Crippen molar-refractivity contribution in [1.82, 2.24) is 0 Å². The van der Waals surface area contributed by atoms with E-state index in [0.717, 1.165) is 0 Å². The fourth-order valence-electron chi connectivity index (χ4n) is 1.38. The normalized spacial score (nSPS) is 10.2. The molecule has 0 aliphatic carbocycles. The Morgan fingerprint density at radius 3 is 2.76 bits per heavy atom. The molecule has 0 saturated carbocycles. The van der Waals surface area contributed by atoms with Crippen LogP contribution in [0.3, 0.4) is 0 Å². The van der Waals surface area contributed by atoms with Crippen molar-refractivity contribution in [2.75, 3.05) is 5.32 Å². The predicted octanol–water partition coefficient (Wildman–Crippen LogP) is 3.31. The second-order valence-electron chi connectivity index (χ2n) is 3.51. The van der Waals surface area contributed by atoms with Crippen molar-refractivity contribution < 1.29 is 14.3 Å². The lowest BCUT2D eigenvalue weighted by molar-refractivity contribution is 0.0995. The monoisotopic (exact) mass is 295 g/mol. The average Bonchev–Trinajstić information content (AvgIpc) is 2.72. The van der Waals surface area contributed by atoms with Gasteiger partial charge in [0.25, 0.3) is 5.91 Å². The first kappa shape index (κ1) is 11.7. The summed E-state index contributed by atoms with van der Waals surface area (Å²) < 4.78 is 5.63. The quantitative estimate of drug-likeness (QED) is 0.893. The van der Waals surface area contributed by atoms with Crippen molar-refractivity contribution in [3.8, 4) is 5.75 Å². The van der Waals surface area contributed by atoms with Crippen LogP contribution in [0, 0.1) is 6.92 Å². The first-order chi connectivity index (χ1) is 8.08. The Labute approximate surface area is 106 Å². The standard InChI is InChI=1S/C12H10BrNO3/c1-7-8(3-2-4-9(7)15)14-12(16)10-5-6-11(13)17-10/h2-6,15H,1H3,(H,14,16). The molecule has 2 N–H and O–H groups in total. The van der Waals surface area contributed by atoms with Gasteiger partial charge in [0.2, 0.25) is 0 Å². The van der Waals surface area contributed by atoms with Gasteiger partial charge >= 0.3 is 0 Å². The number of benzene rings is 1. The molecule has 0 aliphatic rings. The molecule has 0 saturated heterocycles. The number of hydrogen-bond acceptors (Lipinski definition) is 3. The minimum atomic E-state index is -0.357. The van der Waals surface area contributed by atoms with Gasteiger partial charge in [0.05, 0.1) is 0 Å². The molecule has 0 aliphatic heterocycles. The fraction of sp³-hybridized carbons (Fsp3) is 0.0833. The van der Waals surface area contributed by atoms with Crippen molar-refractivity contribution in [3.63, 3.8) is 0 Å². The second-order valence-corrected chi connectivity index (χ2v) is 4.29. The zero-order valence-corrected chi connectivity index (χ0v) is 10.6. The first-order valence-electron chi connectivity index (χ1n) is 4.93. The van der Waals surface area contributed by atoms with E-state index in [0.29, 0.717) is 15.9 Å². The lowest BCUT2D eigenvalue weighted by atomic mass is 10.2. The van der Waals surface area contributed by atoms with Crippen molar-refractivity contribution in [1.29, 1.82) is 0 Å². The van der Waals surface area contributed by atoms with Gasteiger partial charge < -0.3 is 14.8 Å². The summed E-state index contributed by atoms with van der Waals surface area (Å²) in [7, 11) is 0. The predicted molar refractivity (Wildman–Crippen MR) is 67.2 cm³/mol. The van der Waals surface area contributed by atoms with Gasteiger partial charge in [-0.05, 0) is 47.1 Å². The molecule has 0 bridgehead atoms. The number of anilines is 1. The molecule has 0 spiro atoms.